The SMILES string of the molecule is COC1CC2=C(CC1O)C1C(=O)c3ccc4c(c3OC1CC2)C=CC(C)(C)O4. The maximum atomic E-state index is 13.5. The predicted octanol–water partition coefficient (Wildman–Crippen LogP) is 3.69. The topological polar surface area (TPSA) is 65.0 Å². The van der Waals surface area contributed by atoms with Crippen molar-refractivity contribution < 1.29 is 24.1 Å². The standard InChI is InChI=1S/C23H26O5/c1-23(2)9-8-13-17(28-23)7-5-14-21(25)20-15-11-16(24)19(26-3)10-12(15)4-6-18(20)27-22(13)14/h5,7-9,16,18-20,24H,4,6,10-11H2,1-3H3. The van der Waals surface area contributed by atoms with E-state index in [2.05, 4.69) is 0 Å². The molecule has 2 aliphatic heterocycles. The van der Waals surface area contributed by atoms with Crippen molar-refractivity contribution in [3.63, 3.8) is 0 Å². The van der Waals surface area contributed by atoms with Crippen molar-refractivity contribution in [2.24, 2.45) is 5.92 Å². The zero-order chi connectivity index (χ0) is 19.6. The zero-order valence-corrected chi connectivity index (χ0v) is 16.5. The Morgan fingerprint density at radius 1 is 1.25 bits per heavy atom. The maximum Gasteiger partial charge on any atom is 0.177 e. The van der Waals surface area contributed by atoms with Gasteiger partial charge in [0.05, 0.1) is 29.3 Å². The summed E-state index contributed by atoms with van der Waals surface area (Å²) in [6.07, 6.45) is 5.96. The molecule has 1 aromatic rings. The van der Waals surface area contributed by atoms with Crippen LogP contribution in [-0.2, 0) is 4.74 Å². The molecule has 0 aromatic heterocycles. The molecule has 2 aliphatic carbocycles. The summed E-state index contributed by atoms with van der Waals surface area (Å²) >= 11 is 0. The van der Waals surface area contributed by atoms with Crippen LogP contribution in [0.4, 0.5) is 0 Å². The number of methoxy groups -OCH3 is 1. The summed E-state index contributed by atoms with van der Waals surface area (Å²) in [6, 6.07) is 3.70. The molecule has 0 saturated heterocycles. The average Bonchev–Trinajstić information content (AvgIpc) is 2.66. The van der Waals surface area contributed by atoms with Crippen molar-refractivity contribution in [3.8, 4) is 11.5 Å². The Morgan fingerprint density at radius 2 is 2.07 bits per heavy atom. The van der Waals surface area contributed by atoms with E-state index in [9.17, 15) is 9.90 Å². The van der Waals surface area contributed by atoms with Crippen LogP contribution in [0.2, 0.25) is 0 Å². The molecule has 148 valence electrons. The van der Waals surface area contributed by atoms with Crippen molar-refractivity contribution in [2.75, 3.05) is 7.11 Å². The van der Waals surface area contributed by atoms with E-state index >= 15 is 0 Å². The molecule has 4 aliphatic rings. The largest absolute Gasteiger partial charge is 0.488 e. The molecule has 4 atom stereocenters. The van der Waals surface area contributed by atoms with Gasteiger partial charge in [-0.05, 0) is 63.8 Å². The summed E-state index contributed by atoms with van der Waals surface area (Å²) in [5.41, 5.74) is 3.43. The molecule has 5 heteroatoms. The predicted molar refractivity (Wildman–Crippen MR) is 105 cm³/mol. The summed E-state index contributed by atoms with van der Waals surface area (Å²) in [5.74, 6) is 1.20. The number of aliphatic hydroxyl groups is 1. The Kier molecular flexibility index (Phi) is 3.97. The number of Topliss-reactive ketones (excluding diaryl/α,β-unsaturated/α-hetero) is 1. The normalized spacial score (nSPS) is 32.5. The molecule has 2 heterocycles. The highest BCUT2D eigenvalue weighted by Crippen LogP contribution is 2.49. The molecule has 0 saturated carbocycles. The van der Waals surface area contributed by atoms with Gasteiger partial charge in [0, 0.05) is 7.11 Å². The fourth-order valence-corrected chi connectivity index (χ4v) is 5.09. The van der Waals surface area contributed by atoms with Gasteiger partial charge in [0.1, 0.15) is 23.2 Å². The summed E-state index contributed by atoms with van der Waals surface area (Å²) in [7, 11) is 1.64. The third-order valence-corrected chi connectivity index (χ3v) is 6.54. The van der Waals surface area contributed by atoms with Crippen LogP contribution in [0.5, 0.6) is 11.5 Å². The second-order valence-electron chi connectivity index (χ2n) is 8.81. The van der Waals surface area contributed by atoms with Crippen LogP contribution in [0, 0.1) is 5.92 Å². The lowest BCUT2D eigenvalue weighted by Gasteiger charge is -2.43. The minimum absolute atomic E-state index is 0.0996. The first-order valence-electron chi connectivity index (χ1n) is 10.1. The highest BCUT2D eigenvalue weighted by atomic mass is 16.5. The van der Waals surface area contributed by atoms with Gasteiger partial charge in [-0.1, -0.05) is 11.1 Å². The molecule has 5 rings (SSSR count). The van der Waals surface area contributed by atoms with E-state index in [4.69, 9.17) is 14.2 Å². The number of fused-ring (bicyclic) bond motifs is 5. The number of ether oxygens (including phenoxy) is 3. The van der Waals surface area contributed by atoms with Gasteiger partial charge in [0.2, 0.25) is 0 Å². The molecule has 1 N–H and O–H groups in total. The van der Waals surface area contributed by atoms with Crippen LogP contribution in [-0.4, -0.2) is 41.9 Å². The van der Waals surface area contributed by atoms with Crippen molar-refractivity contribution in [3.05, 3.63) is 40.5 Å². The molecule has 0 fully saturated rings. The highest BCUT2D eigenvalue weighted by molar-refractivity contribution is 6.05. The third-order valence-electron chi connectivity index (χ3n) is 6.54. The van der Waals surface area contributed by atoms with Crippen LogP contribution in [0.1, 0.15) is 55.5 Å². The van der Waals surface area contributed by atoms with E-state index in [1.807, 2.05) is 38.1 Å². The number of rotatable bonds is 1. The van der Waals surface area contributed by atoms with Gasteiger partial charge in [-0.3, -0.25) is 4.79 Å². The number of hydrogen-bond donors (Lipinski definition) is 1. The van der Waals surface area contributed by atoms with Crippen LogP contribution >= 0.6 is 0 Å². The summed E-state index contributed by atoms with van der Waals surface area (Å²) in [6.45, 7) is 4.01. The molecule has 0 spiro atoms. The molecule has 4 unspecified atom stereocenters. The molecule has 5 nitrogen and oxygen atoms in total. The number of carbonyl (C=O) groups is 1. The quantitative estimate of drug-likeness (QED) is 0.751. The number of hydrogen-bond acceptors (Lipinski definition) is 5. The van der Waals surface area contributed by atoms with Crippen LogP contribution < -0.4 is 9.47 Å². The molecule has 0 amide bonds. The van der Waals surface area contributed by atoms with Gasteiger partial charge in [0.15, 0.2) is 5.78 Å². The molecule has 0 radical (unpaired) electrons. The Labute approximate surface area is 165 Å². The molecule has 0 bridgehead atoms. The van der Waals surface area contributed by atoms with Crippen molar-refractivity contribution in [2.45, 2.75) is 63.4 Å². The number of aliphatic hydroxyl groups excluding tert-OH is 1. The van der Waals surface area contributed by atoms with Gasteiger partial charge in [-0.2, -0.15) is 0 Å². The van der Waals surface area contributed by atoms with Crippen LogP contribution in [0.15, 0.2) is 29.4 Å². The smallest absolute Gasteiger partial charge is 0.177 e. The Balaban J connectivity index is 1.55. The second kappa shape index (κ2) is 6.19. The van der Waals surface area contributed by atoms with E-state index < -0.39 is 6.10 Å². The Bertz CT molecular complexity index is 910. The molecule has 28 heavy (non-hydrogen) atoms. The first-order chi connectivity index (χ1) is 13.4. The lowest BCUT2D eigenvalue weighted by molar-refractivity contribution is -0.0224. The Hall–Kier alpha value is -2.11. The summed E-state index contributed by atoms with van der Waals surface area (Å²) in [5, 5.41) is 10.4. The summed E-state index contributed by atoms with van der Waals surface area (Å²) < 4.78 is 17.9. The molecule has 1 aromatic carbocycles. The van der Waals surface area contributed by atoms with E-state index in [1.165, 1.54) is 5.57 Å². The fourth-order valence-electron chi connectivity index (χ4n) is 5.09. The monoisotopic (exact) mass is 382 g/mol. The second-order valence-corrected chi connectivity index (χ2v) is 8.81. The van der Waals surface area contributed by atoms with Crippen LogP contribution in [0.3, 0.4) is 0 Å². The van der Waals surface area contributed by atoms with Gasteiger partial charge in [-0.15, -0.1) is 0 Å². The number of benzene rings is 1. The maximum absolute atomic E-state index is 13.5. The Morgan fingerprint density at radius 3 is 2.86 bits per heavy atom. The van der Waals surface area contributed by atoms with E-state index in [1.54, 1.807) is 7.11 Å². The lowest BCUT2D eigenvalue weighted by Crippen LogP contribution is -2.45. The minimum atomic E-state index is -0.571. The van der Waals surface area contributed by atoms with E-state index in [0.717, 1.165) is 29.7 Å². The number of ketones is 1. The molecular formula is C23H26O5. The van der Waals surface area contributed by atoms with Gasteiger partial charge in [0.25, 0.3) is 0 Å². The zero-order valence-electron chi connectivity index (χ0n) is 16.5. The highest BCUT2D eigenvalue weighted by Gasteiger charge is 2.46. The van der Waals surface area contributed by atoms with Gasteiger partial charge in [-0.25, -0.2) is 0 Å². The summed E-state index contributed by atoms with van der Waals surface area (Å²) in [4.78, 5) is 13.5. The van der Waals surface area contributed by atoms with Crippen molar-refractivity contribution in [1.82, 2.24) is 0 Å². The minimum Gasteiger partial charge on any atom is -0.488 e. The lowest BCUT2D eigenvalue weighted by atomic mass is 9.69. The van der Waals surface area contributed by atoms with E-state index in [-0.39, 0.29) is 29.5 Å². The van der Waals surface area contributed by atoms with Gasteiger partial charge < -0.3 is 19.3 Å². The molecular weight excluding hydrogens is 356 g/mol. The average molecular weight is 382 g/mol. The fraction of sp³-hybridized carbons (Fsp3) is 0.522. The third kappa shape index (κ3) is 2.64. The van der Waals surface area contributed by atoms with Crippen molar-refractivity contribution in [1.29, 1.82) is 0 Å². The van der Waals surface area contributed by atoms with Crippen LogP contribution in [0.25, 0.3) is 6.08 Å². The first kappa shape index (κ1) is 18.0. The number of carbonyl (C=O) groups excluding carboxylic acids is 1. The van der Waals surface area contributed by atoms with Crippen molar-refractivity contribution >= 4 is 11.9 Å². The van der Waals surface area contributed by atoms with Gasteiger partial charge >= 0.3 is 0 Å². The first-order valence-corrected chi connectivity index (χ1v) is 10.1. The van der Waals surface area contributed by atoms with E-state index in [0.29, 0.717) is 24.2 Å².